The van der Waals surface area contributed by atoms with Gasteiger partial charge in [0.15, 0.2) is 0 Å². The van der Waals surface area contributed by atoms with Crippen molar-refractivity contribution in [2.45, 2.75) is 46.2 Å². The highest BCUT2D eigenvalue weighted by molar-refractivity contribution is 7.80. The largest absolute Gasteiger partial charge is 0.358 e. The Hall–Kier alpha value is -2.81. The van der Waals surface area contributed by atoms with E-state index in [2.05, 4.69) is 52.3 Å². The van der Waals surface area contributed by atoms with E-state index in [0.29, 0.717) is 29.5 Å². The highest BCUT2D eigenvalue weighted by atomic mass is 35.5. The predicted octanol–water partition coefficient (Wildman–Crippen LogP) is 4.04. The van der Waals surface area contributed by atoms with Gasteiger partial charge in [-0.25, -0.2) is 9.97 Å². The van der Waals surface area contributed by atoms with Crippen LogP contribution in [-0.4, -0.2) is 51.7 Å². The van der Waals surface area contributed by atoms with Crippen molar-refractivity contribution in [3.05, 3.63) is 52.9 Å². The molecular formula is C26H31ClN7S+. The van der Waals surface area contributed by atoms with E-state index in [0.717, 1.165) is 64.2 Å². The monoisotopic (exact) mass is 508 g/mol. The second kappa shape index (κ2) is 9.68. The maximum atomic E-state index is 6.23. The SMILES string of the molecule is CC[NH+]1C(C)CN(c2cnc(C)c(Nc3ncc4c(n3)-c3ccc(Cl)cc3NC(=S)C4)c2)CC1C. The van der Waals surface area contributed by atoms with E-state index >= 15 is 0 Å². The van der Waals surface area contributed by atoms with E-state index in [1.165, 1.54) is 0 Å². The Kier molecular flexibility index (Phi) is 6.61. The van der Waals surface area contributed by atoms with Crippen molar-refractivity contribution >= 4 is 51.8 Å². The van der Waals surface area contributed by atoms with Crippen molar-refractivity contribution in [1.82, 2.24) is 15.0 Å². The van der Waals surface area contributed by atoms with E-state index in [9.17, 15) is 0 Å². The van der Waals surface area contributed by atoms with Crippen LogP contribution < -0.4 is 20.4 Å². The number of halogens is 1. The number of rotatable bonds is 4. The summed E-state index contributed by atoms with van der Waals surface area (Å²) >= 11 is 11.7. The number of aromatic nitrogens is 3. The van der Waals surface area contributed by atoms with Crippen molar-refractivity contribution < 1.29 is 4.90 Å². The third kappa shape index (κ3) is 4.83. The molecule has 1 aromatic carbocycles. The quantitative estimate of drug-likeness (QED) is 0.459. The number of benzene rings is 1. The first-order valence-electron chi connectivity index (χ1n) is 12.1. The standard InChI is InChI=1S/C26H30ClN7S/c1-5-34-15(2)13-33(14-16(34)3)20-10-22(17(4)28-12-20)31-26-29-11-18-8-24(35)30-23-9-19(27)6-7-21(23)25(18)32-26/h6-7,9-12,15-16H,5,8,13-14H2,1-4H3,(H,30,35)(H,29,31,32)/p+1. The van der Waals surface area contributed by atoms with Gasteiger partial charge in [-0.1, -0.05) is 23.8 Å². The van der Waals surface area contributed by atoms with Gasteiger partial charge in [-0.2, -0.15) is 0 Å². The molecule has 5 rings (SSSR count). The number of aryl methyl sites for hydroxylation is 1. The molecule has 4 heterocycles. The minimum absolute atomic E-state index is 0.529. The summed E-state index contributed by atoms with van der Waals surface area (Å²) in [7, 11) is 0. The molecule has 0 aliphatic carbocycles. The molecule has 3 aromatic rings. The van der Waals surface area contributed by atoms with Gasteiger partial charge in [0.2, 0.25) is 5.95 Å². The molecule has 0 saturated carbocycles. The minimum atomic E-state index is 0.529. The summed E-state index contributed by atoms with van der Waals surface area (Å²) < 4.78 is 0. The molecule has 2 aliphatic rings. The minimum Gasteiger partial charge on any atom is -0.358 e. The number of pyridine rings is 1. The molecule has 35 heavy (non-hydrogen) atoms. The molecule has 2 unspecified atom stereocenters. The van der Waals surface area contributed by atoms with Crippen molar-refractivity contribution in [3.63, 3.8) is 0 Å². The van der Waals surface area contributed by atoms with Crippen LogP contribution in [0.1, 0.15) is 32.0 Å². The first-order chi connectivity index (χ1) is 16.8. The Morgan fingerprint density at radius 3 is 2.69 bits per heavy atom. The Morgan fingerprint density at radius 2 is 1.94 bits per heavy atom. The third-order valence-corrected chi connectivity index (χ3v) is 7.55. The molecule has 1 fully saturated rings. The van der Waals surface area contributed by atoms with E-state index in [-0.39, 0.29) is 0 Å². The highest BCUT2D eigenvalue weighted by Crippen LogP contribution is 2.35. The maximum Gasteiger partial charge on any atom is 0.227 e. The topological polar surface area (TPSA) is 70.4 Å². The van der Waals surface area contributed by atoms with Crippen LogP contribution in [0.25, 0.3) is 11.3 Å². The van der Waals surface area contributed by atoms with E-state index in [1.807, 2.05) is 37.5 Å². The molecule has 2 atom stereocenters. The summed E-state index contributed by atoms with van der Waals surface area (Å²) in [6.45, 7) is 12.1. The fraction of sp³-hybridized carbons (Fsp3) is 0.385. The molecule has 1 saturated heterocycles. The second-order valence-corrected chi connectivity index (χ2v) is 10.5. The fourth-order valence-electron chi connectivity index (χ4n) is 5.33. The lowest BCUT2D eigenvalue weighted by Crippen LogP contribution is -3.21. The number of fused-ring (bicyclic) bond motifs is 3. The molecule has 2 aromatic heterocycles. The van der Waals surface area contributed by atoms with Crippen LogP contribution in [0.5, 0.6) is 0 Å². The smallest absolute Gasteiger partial charge is 0.227 e. The number of thiocarbonyl (C=S) groups is 1. The lowest BCUT2D eigenvalue weighted by molar-refractivity contribution is -0.945. The van der Waals surface area contributed by atoms with Crippen molar-refractivity contribution in [2.24, 2.45) is 0 Å². The molecule has 0 amide bonds. The maximum absolute atomic E-state index is 6.23. The van der Waals surface area contributed by atoms with Gasteiger partial charge in [-0.3, -0.25) is 4.98 Å². The number of nitrogens with zero attached hydrogens (tertiary/aromatic N) is 4. The number of hydrogen-bond donors (Lipinski definition) is 3. The van der Waals surface area contributed by atoms with Gasteiger partial charge < -0.3 is 20.4 Å². The van der Waals surface area contributed by atoms with Crippen molar-refractivity contribution in [2.75, 3.05) is 35.2 Å². The van der Waals surface area contributed by atoms with Gasteiger partial charge in [0, 0.05) is 34.5 Å². The molecule has 3 N–H and O–H groups in total. The molecule has 0 bridgehead atoms. The van der Waals surface area contributed by atoms with Crippen LogP contribution in [0.4, 0.5) is 23.0 Å². The second-order valence-electron chi connectivity index (χ2n) is 9.57. The van der Waals surface area contributed by atoms with Crippen LogP contribution >= 0.6 is 23.8 Å². The molecule has 0 spiro atoms. The first-order valence-corrected chi connectivity index (χ1v) is 12.9. The lowest BCUT2D eigenvalue weighted by atomic mass is 10.1. The summed E-state index contributed by atoms with van der Waals surface area (Å²) in [5, 5.41) is 7.36. The van der Waals surface area contributed by atoms with E-state index in [4.69, 9.17) is 28.8 Å². The molecule has 2 aliphatic heterocycles. The summed E-state index contributed by atoms with van der Waals surface area (Å²) in [6, 6.07) is 9.03. The van der Waals surface area contributed by atoms with E-state index < -0.39 is 0 Å². The van der Waals surface area contributed by atoms with Gasteiger partial charge in [0.25, 0.3) is 0 Å². The highest BCUT2D eigenvalue weighted by Gasteiger charge is 2.32. The average molecular weight is 509 g/mol. The van der Waals surface area contributed by atoms with Crippen molar-refractivity contribution in [1.29, 1.82) is 0 Å². The van der Waals surface area contributed by atoms with E-state index in [1.54, 1.807) is 4.90 Å². The Bertz CT molecular complexity index is 1270. The zero-order valence-corrected chi connectivity index (χ0v) is 22.1. The third-order valence-electron chi connectivity index (χ3n) is 7.07. The van der Waals surface area contributed by atoms with Gasteiger partial charge in [-0.15, -0.1) is 0 Å². The molecular weight excluding hydrogens is 478 g/mol. The summed E-state index contributed by atoms with van der Waals surface area (Å²) in [6.07, 6.45) is 4.40. The van der Waals surface area contributed by atoms with Gasteiger partial charge in [-0.05, 0) is 52.0 Å². The number of quaternary nitrogens is 1. The van der Waals surface area contributed by atoms with Gasteiger partial charge in [0.05, 0.1) is 53.6 Å². The molecule has 7 nitrogen and oxygen atoms in total. The summed E-state index contributed by atoms with van der Waals surface area (Å²) in [5.41, 5.74) is 6.59. The van der Waals surface area contributed by atoms with Gasteiger partial charge in [0.1, 0.15) is 12.1 Å². The zero-order valence-electron chi connectivity index (χ0n) is 20.5. The van der Waals surface area contributed by atoms with Crippen LogP contribution in [0.3, 0.4) is 0 Å². The average Bonchev–Trinajstić information content (AvgIpc) is 2.94. The van der Waals surface area contributed by atoms with Crippen LogP contribution in [0, 0.1) is 6.92 Å². The number of hydrogen-bond acceptors (Lipinski definition) is 6. The first kappa shape index (κ1) is 23.9. The summed E-state index contributed by atoms with van der Waals surface area (Å²) in [4.78, 5) is 19.0. The molecule has 182 valence electrons. The number of anilines is 4. The Morgan fingerprint density at radius 1 is 1.17 bits per heavy atom. The Balaban J connectivity index is 1.45. The van der Waals surface area contributed by atoms with Gasteiger partial charge >= 0.3 is 0 Å². The van der Waals surface area contributed by atoms with Crippen LogP contribution in [0.15, 0.2) is 36.7 Å². The number of piperazine rings is 1. The zero-order chi connectivity index (χ0) is 24.7. The van der Waals surface area contributed by atoms with Crippen molar-refractivity contribution in [3.8, 4) is 11.3 Å². The lowest BCUT2D eigenvalue weighted by Gasteiger charge is -2.42. The number of nitrogens with one attached hydrogen (secondary N) is 3. The predicted molar refractivity (Wildman–Crippen MR) is 147 cm³/mol. The fourth-order valence-corrected chi connectivity index (χ4v) is 5.77. The van der Waals surface area contributed by atoms with Crippen LogP contribution in [0.2, 0.25) is 5.02 Å². The normalized spacial score (nSPS) is 21.6. The van der Waals surface area contributed by atoms with Crippen LogP contribution in [-0.2, 0) is 6.42 Å². The molecule has 0 radical (unpaired) electrons. The number of likely N-dealkylation sites (N-methyl/N-ethyl adjacent to an activating group) is 1. The summed E-state index contributed by atoms with van der Waals surface area (Å²) in [5.74, 6) is 0.529. The Labute approximate surface area is 216 Å². The molecule has 9 heteroatoms.